The van der Waals surface area contributed by atoms with Crippen LogP contribution in [0.25, 0.3) is 10.9 Å². The smallest absolute Gasteiger partial charge is 0.228 e. The van der Waals surface area contributed by atoms with Crippen molar-refractivity contribution in [3.63, 3.8) is 0 Å². The van der Waals surface area contributed by atoms with Gasteiger partial charge in [-0.3, -0.25) is 4.79 Å². The standard InChI is InChI=1S/C26H34F2N6O3/c1-16(2)34-15-22-23(25(34)36)30-26(33-11-9-32(10-12-33)18(4)35)31-24(22)29-17(3)19-5-7-20(8-6-19)37-21(13-27)14-28/h5-8,15-17,21,36H,9-14H2,1-4H3,(H,29,30,31)/t17-/m1/s1. The van der Waals surface area contributed by atoms with E-state index in [4.69, 9.17) is 14.7 Å². The monoisotopic (exact) mass is 516 g/mol. The zero-order chi connectivity index (χ0) is 26.7. The molecule has 0 spiro atoms. The van der Waals surface area contributed by atoms with E-state index in [2.05, 4.69) is 5.32 Å². The van der Waals surface area contributed by atoms with E-state index < -0.39 is 19.5 Å². The molecule has 0 aliphatic carbocycles. The van der Waals surface area contributed by atoms with Gasteiger partial charge in [0.05, 0.1) is 5.39 Å². The van der Waals surface area contributed by atoms with Crippen LogP contribution >= 0.6 is 0 Å². The Morgan fingerprint density at radius 3 is 2.30 bits per heavy atom. The Hall–Kier alpha value is -3.63. The fourth-order valence-corrected chi connectivity index (χ4v) is 4.36. The highest BCUT2D eigenvalue weighted by atomic mass is 19.1. The molecule has 1 atom stereocenters. The summed E-state index contributed by atoms with van der Waals surface area (Å²) in [5.74, 6) is 1.57. The molecular weight excluding hydrogens is 482 g/mol. The molecule has 37 heavy (non-hydrogen) atoms. The Bertz CT molecular complexity index is 1220. The number of benzene rings is 1. The Labute approximate surface area is 215 Å². The van der Waals surface area contributed by atoms with Crippen LogP contribution in [-0.2, 0) is 4.79 Å². The number of halogens is 2. The molecule has 1 aliphatic rings. The van der Waals surface area contributed by atoms with Gasteiger partial charge in [0.1, 0.15) is 30.4 Å². The second kappa shape index (κ2) is 11.2. The summed E-state index contributed by atoms with van der Waals surface area (Å²) < 4.78 is 32.7. The predicted octanol–water partition coefficient (Wildman–Crippen LogP) is 4.25. The van der Waals surface area contributed by atoms with Gasteiger partial charge in [-0.15, -0.1) is 0 Å². The number of hydrogen-bond acceptors (Lipinski definition) is 7. The van der Waals surface area contributed by atoms with E-state index in [1.165, 1.54) is 0 Å². The van der Waals surface area contributed by atoms with Crippen LogP contribution < -0.4 is 15.0 Å². The lowest BCUT2D eigenvalue weighted by Gasteiger charge is -2.34. The van der Waals surface area contributed by atoms with Crippen LogP contribution in [-0.4, -0.2) is 76.1 Å². The van der Waals surface area contributed by atoms with Crippen LogP contribution in [0, 0.1) is 0 Å². The van der Waals surface area contributed by atoms with E-state index in [9.17, 15) is 18.7 Å². The van der Waals surface area contributed by atoms with Gasteiger partial charge in [-0.1, -0.05) is 12.1 Å². The number of piperazine rings is 1. The summed E-state index contributed by atoms with van der Waals surface area (Å²) in [6, 6.07) is 6.87. The highest BCUT2D eigenvalue weighted by Crippen LogP contribution is 2.35. The molecule has 0 saturated carbocycles. The highest BCUT2D eigenvalue weighted by molar-refractivity contribution is 5.94. The lowest BCUT2D eigenvalue weighted by molar-refractivity contribution is -0.129. The number of alkyl halides is 2. The van der Waals surface area contributed by atoms with Crippen LogP contribution in [0.3, 0.4) is 0 Å². The summed E-state index contributed by atoms with van der Waals surface area (Å²) in [6.45, 7) is 8.03. The van der Waals surface area contributed by atoms with E-state index in [-0.39, 0.29) is 23.9 Å². The summed E-state index contributed by atoms with van der Waals surface area (Å²) >= 11 is 0. The number of aromatic nitrogens is 3. The van der Waals surface area contributed by atoms with Crippen LogP contribution in [0.4, 0.5) is 20.5 Å². The van der Waals surface area contributed by atoms with Gasteiger partial charge in [0.2, 0.25) is 17.7 Å². The summed E-state index contributed by atoms with van der Waals surface area (Å²) in [6.07, 6.45) is 0.733. The molecule has 1 fully saturated rings. The van der Waals surface area contributed by atoms with Gasteiger partial charge in [-0.05, 0) is 38.5 Å². The van der Waals surface area contributed by atoms with E-state index in [0.717, 1.165) is 5.56 Å². The quantitative estimate of drug-likeness (QED) is 0.439. The third-order valence-electron chi connectivity index (χ3n) is 6.60. The number of anilines is 2. The van der Waals surface area contributed by atoms with Gasteiger partial charge in [0.15, 0.2) is 6.10 Å². The average molecular weight is 517 g/mol. The number of nitrogens with one attached hydrogen (secondary N) is 1. The fourth-order valence-electron chi connectivity index (χ4n) is 4.36. The molecule has 2 N–H and O–H groups in total. The van der Waals surface area contributed by atoms with Crippen LogP contribution in [0.15, 0.2) is 30.5 Å². The fraction of sp³-hybridized carbons (Fsp3) is 0.500. The molecule has 2 aromatic heterocycles. The molecule has 3 aromatic rings. The van der Waals surface area contributed by atoms with Gasteiger partial charge < -0.3 is 29.5 Å². The van der Waals surface area contributed by atoms with Crippen molar-refractivity contribution in [1.82, 2.24) is 19.4 Å². The zero-order valence-electron chi connectivity index (χ0n) is 21.6. The van der Waals surface area contributed by atoms with Gasteiger partial charge in [0, 0.05) is 51.4 Å². The van der Waals surface area contributed by atoms with E-state index >= 15 is 0 Å². The van der Waals surface area contributed by atoms with Gasteiger partial charge in [-0.25, -0.2) is 13.8 Å². The maximum Gasteiger partial charge on any atom is 0.228 e. The van der Waals surface area contributed by atoms with Crippen molar-refractivity contribution < 1.29 is 23.4 Å². The van der Waals surface area contributed by atoms with Crippen molar-refractivity contribution in [1.29, 1.82) is 0 Å². The van der Waals surface area contributed by atoms with Crippen molar-refractivity contribution in [3.8, 4) is 11.6 Å². The largest absolute Gasteiger partial charge is 0.493 e. The number of hydrogen-bond donors (Lipinski definition) is 2. The third kappa shape index (κ3) is 5.70. The molecule has 0 bridgehead atoms. The first-order valence-corrected chi connectivity index (χ1v) is 12.5. The minimum atomic E-state index is -1.11. The maximum atomic E-state index is 12.8. The molecule has 4 rings (SSSR count). The molecule has 1 aliphatic heterocycles. The number of carbonyl (C=O) groups is 1. The van der Waals surface area contributed by atoms with Crippen LogP contribution in [0.2, 0.25) is 0 Å². The summed E-state index contributed by atoms with van der Waals surface area (Å²) in [7, 11) is 0. The lowest BCUT2D eigenvalue weighted by Crippen LogP contribution is -2.48. The van der Waals surface area contributed by atoms with Gasteiger partial charge in [-0.2, -0.15) is 4.98 Å². The molecule has 1 amide bonds. The highest BCUT2D eigenvalue weighted by Gasteiger charge is 2.24. The number of rotatable bonds is 9. The number of carbonyl (C=O) groups excluding carboxylic acids is 1. The van der Waals surface area contributed by atoms with Gasteiger partial charge in [0.25, 0.3) is 0 Å². The number of ether oxygens (including phenoxy) is 1. The predicted molar refractivity (Wildman–Crippen MR) is 139 cm³/mol. The second-order valence-electron chi connectivity index (χ2n) is 9.56. The average Bonchev–Trinajstić information content (AvgIpc) is 3.24. The first kappa shape index (κ1) is 26.4. The van der Waals surface area contributed by atoms with Crippen molar-refractivity contribution in [2.75, 3.05) is 49.7 Å². The molecule has 1 aromatic carbocycles. The van der Waals surface area contributed by atoms with Crippen molar-refractivity contribution in [2.45, 2.75) is 45.9 Å². The topological polar surface area (TPSA) is 95.8 Å². The molecule has 0 unspecified atom stereocenters. The van der Waals surface area contributed by atoms with Crippen molar-refractivity contribution >= 4 is 28.6 Å². The molecule has 9 nitrogen and oxygen atoms in total. The number of fused-ring (bicyclic) bond motifs is 1. The summed E-state index contributed by atoms with van der Waals surface area (Å²) in [4.78, 5) is 25.0. The molecule has 3 heterocycles. The normalized spacial score (nSPS) is 15.0. The van der Waals surface area contributed by atoms with E-state index in [0.29, 0.717) is 54.6 Å². The summed E-state index contributed by atoms with van der Waals surface area (Å²) in [5.41, 5.74) is 1.37. The molecule has 1 saturated heterocycles. The Balaban J connectivity index is 1.62. The minimum absolute atomic E-state index is 0.0204. The number of nitrogens with zero attached hydrogens (tertiary/aromatic N) is 5. The SMILES string of the molecule is CC(=O)N1CCN(c2nc(N[C@H](C)c3ccc(OC(CF)CF)cc3)c3cn(C(C)C)c(O)c3n2)CC1. The van der Waals surface area contributed by atoms with Crippen molar-refractivity contribution in [2.24, 2.45) is 0 Å². The minimum Gasteiger partial charge on any atom is -0.493 e. The Morgan fingerprint density at radius 1 is 1.08 bits per heavy atom. The molecule has 200 valence electrons. The summed E-state index contributed by atoms with van der Waals surface area (Å²) in [5, 5.41) is 15.1. The molecule has 11 heteroatoms. The number of amides is 1. The Morgan fingerprint density at radius 2 is 1.73 bits per heavy atom. The zero-order valence-corrected chi connectivity index (χ0v) is 21.6. The van der Waals surface area contributed by atoms with Crippen molar-refractivity contribution in [3.05, 3.63) is 36.0 Å². The molecular formula is C26H34F2N6O3. The third-order valence-corrected chi connectivity index (χ3v) is 6.60. The van der Waals surface area contributed by atoms with Gasteiger partial charge >= 0.3 is 0 Å². The maximum absolute atomic E-state index is 12.8. The lowest BCUT2D eigenvalue weighted by atomic mass is 10.1. The Kier molecular flexibility index (Phi) is 7.99. The van der Waals surface area contributed by atoms with E-state index in [1.807, 2.05) is 44.0 Å². The number of aromatic hydroxyl groups is 1. The first-order valence-electron chi connectivity index (χ1n) is 12.5. The van der Waals surface area contributed by atoms with E-state index in [1.54, 1.807) is 28.5 Å². The van der Waals surface area contributed by atoms with Crippen LogP contribution in [0.1, 0.15) is 45.3 Å². The molecule has 0 radical (unpaired) electrons. The second-order valence-corrected chi connectivity index (χ2v) is 9.56. The first-order chi connectivity index (χ1) is 17.7. The van der Waals surface area contributed by atoms with Crippen LogP contribution in [0.5, 0.6) is 11.6 Å².